The molecule has 1 amide bonds. The fourth-order valence-electron chi connectivity index (χ4n) is 2.89. The average molecular weight is 318 g/mol. The summed E-state index contributed by atoms with van der Waals surface area (Å²) in [6.45, 7) is 3.08. The van der Waals surface area contributed by atoms with Crippen LogP contribution in [0, 0.1) is 0 Å². The Hall–Kier alpha value is -1.88. The highest BCUT2D eigenvalue weighted by atomic mass is 16.5. The van der Waals surface area contributed by atoms with Crippen molar-refractivity contribution in [2.45, 2.75) is 51.1 Å². The molecular formula is C18H26N2O3. The van der Waals surface area contributed by atoms with Crippen LogP contribution >= 0.6 is 0 Å². The van der Waals surface area contributed by atoms with Crippen LogP contribution in [-0.4, -0.2) is 37.4 Å². The number of piperidine rings is 1. The minimum Gasteiger partial charge on any atom is -0.497 e. The van der Waals surface area contributed by atoms with Gasteiger partial charge in [0.05, 0.1) is 7.11 Å². The van der Waals surface area contributed by atoms with Crippen molar-refractivity contribution in [3.63, 3.8) is 0 Å². The molecule has 2 rings (SSSR count). The van der Waals surface area contributed by atoms with E-state index in [1.54, 1.807) is 31.4 Å². The van der Waals surface area contributed by atoms with Crippen molar-refractivity contribution in [3.8, 4) is 5.75 Å². The smallest absolute Gasteiger partial charge is 0.220 e. The lowest BCUT2D eigenvalue weighted by molar-refractivity contribution is -0.122. The number of amides is 1. The van der Waals surface area contributed by atoms with Crippen molar-refractivity contribution >= 4 is 11.7 Å². The number of methoxy groups -OCH3 is 1. The summed E-state index contributed by atoms with van der Waals surface area (Å²) in [7, 11) is 1.60. The second-order valence-electron chi connectivity index (χ2n) is 6.15. The van der Waals surface area contributed by atoms with Gasteiger partial charge in [0, 0.05) is 30.5 Å². The van der Waals surface area contributed by atoms with E-state index in [2.05, 4.69) is 17.6 Å². The van der Waals surface area contributed by atoms with E-state index < -0.39 is 0 Å². The number of hydrogen-bond donors (Lipinski definition) is 2. The van der Waals surface area contributed by atoms with E-state index in [1.807, 2.05) is 0 Å². The largest absolute Gasteiger partial charge is 0.497 e. The van der Waals surface area contributed by atoms with Crippen molar-refractivity contribution in [2.24, 2.45) is 0 Å². The quantitative estimate of drug-likeness (QED) is 0.757. The highest BCUT2D eigenvalue weighted by Crippen LogP contribution is 2.14. The van der Waals surface area contributed by atoms with Crippen LogP contribution in [0.3, 0.4) is 0 Å². The minimum atomic E-state index is 0.0478. The number of benzene rings is 1. The van der Waals surface area contributed by atoms with Crippen molar-refractivity contribution in [2.75, 3.05) is 13.7 Å². The van der Waals surface area contributed by atoms with E-state index in [1.165, 1.54) is 0 Å². The maximum absolute atomic E-state index is 12.1. The van der Waals surface area contributed by atoms with Crippen LogP contribution in [0.2, 0.25) is 0 Å². The molecule has 5 nitrogen and oxygen atoms in total. The lowest BCUT2D eigenvalue weighted by Crippen LogP contribution is -2.46. The Labute approximate surface area is 137 Å². The third-order valence-electron chi connectivity index (χ3n) is 4.21. The number of Topliss-reactive ketones (excluding diaryl/α,β-unsaturated/α-hetero) is 1. The summed E-state index contributed by atoms with van der Waals surface area (Å²) in [5, 5.41) is 6.44. The zero-order chi connectivity index (χ0) is 16.7. The topological polar surface area (TPSA) is 67.4 Å². The number of carbonyl (C=O) groups is 2. The minimum absolute atomic E-state index is 0.0478. The first-order chi connectivity index (χ1) is 11.1. The summed E-state index contributed by atoms with van der Waals surface area (Å²) in [5.74, 6) is 0.847. The van der Waals surface area contributed by atoms with Crippen LogP contribution in [0.5, 0.6) is 5.75 Å². The summed E-state index contributed by atoms with van der Waals surface area (Å²) in [6.07, 6.45) is 3.32. The van der Waals surface area contributed by atoms with Gasteiger partial charge >= 0.3 is 0 Å². The van der Waals surface area contributed by atoms with Crippen LogP contribution in [-0.2, 0) is 4.79 Å². The van der Waals surface area contributed by atoms with Gasteiger partial charge in [-0.3, -0.25) is 9.59 Å². The summed E-state index contributed by atoms with van der Waals surface area (Å²) in [6, 6.07) is 7.79. The van der Waals surface area contributed by atoms with Crippen molar-refractivity contribution in [1.29, 1.82) is 0 Å². The molecule has 5 heteroatoms. The Morgan fingerprint density at radius 1 is 1.26 bits per heavy atom. The standard InChI is InChI=1S/C18H26N2O3/c1-13-12-15(10-11-19-13)20-18(22)5-3-4-17(21)14-6-8-16(23-2)9-7-14/h6-9,13,15,19H,3-5,10-12H2,1-2H3,(H,20,22). The van der Waals surface area contributed by atoms with E-state index in [4.69, 9.17) is 4.74 Å². The predicted molar refractivity (Wildman–Crippen MR) is 89.8 cm³/mol. The van der Waals surface area contributed by atoms with Gasteiger partial charge in [0.15, 0.2) is 5.78 Å². The zero-order valence-corrected chi connectivity index (χ0v) is 13.9. The summed E-state index contributed by atoms with van der Waals surface area (Å²) in [5.41, 5.74) is 0.665. The highest BCUT2D eigenvalue weighted by molar-refractivity contribution is 5.96. The Kier molecular flexibility index (Phi) is 6.59. The number of rotatable bonds is 7. The molecule has 0 aromatic heterocycles. The maximum Gasteiger partial charge on any atom is 0.220 e. The Bertz CT molecular complexity index is 528. The Morgan fingerprint density at radius 2 is 2.00 bits per heavy atom. The summed E-state index contributed by atoms with van der Waals surface area (Å²) in [4.78, 5) is 24.0. The molecule has 2 N–H and O–H groups in total. The number of nitrogens with one attached hydrogen (secondary N) is 2. The molecule has 0 radical (unpaired) electrons. The third-order valence-corrected chi connectivity index (χ3v) is 4.21. The Morgan fingerprint density at radius 3 is 2.65 bits per heavy atom. The van der Waals surface area contributed by atoms with E-state index in [0.717, 1.165) is 25.1 Å². The predicted octanol–water partition coefficient (Wildman–Crippen LogP) is 2.30. The zero-order valence-electron chi connectivity index (χ0n) is 13.9. The fraction of sp³-hybridized carbons (Fsp3) is 0.556. The van der Waals surface area contributed by atoms with E-state index in [-0.39, 0.29) is 17.7 Å². The second-order valence-corrected chi connectivity index (χ2v) is 6.15. The monoisotopic (exact) mass is 318 g/mol. The molecule has 1 fully saturated rings. The highest BCUT2D eigenvalue weighted by Gasteiger charge is 2.19. The maximum atomic E-state index is 12.1. The molecule has 1 saturated heterocycles. The van der Waals surface area contributed by atoms with Gasteiger partial charge < -0.3 is 15.4 Å². The first kappa shape index (κ1) is 17.5. The van der Waals surface area contributed by atoms with Gasteiger partial charge in [-0.15, -0.1) is 0 Å². The van der Waals surface area contributed by atoms with Crippen LogP contribution in [0.4, 0.5) is 0 Å². The van der Waals surface area contributed by atoms with Crippen LogP contribution in [0.25, 0.3) is 0 Å². The van der Waals surface area contributed by atoms with Crippen molar-refractivity contribution < 1.29 is 14.3 Å². The third kappa shape index (κ3) is 5.67. The van der Waals surface area contributed by atoms with Crippen LogP contribution < -0.4 is 15.4 Å². The molecule has 2 atom stereocenters. The van der Waals surface area contributed by atoms with E-state index in [9.17, 15) is 9.59 Å². The van der Waals surface area contributed by atoms with Gasteiger partial charge in [-0.1, -0.05) is 0 Å². The van der Waals surface area contributed by atoms with Crippen molar-refractivity contribution in [3.05, 3.63) is 29.8 Å². The van der Waals surface area contributed by atoms with Gasteiger partial charge in [-0.25, -0.2) is 0 Å². The van der Waals surface area contributed by atoms with Crippen LogP contribution in [0.15, 0.2) is 24.3 Å². The van der Waals surface area contributed by atoms with E-state index >= 15 is 0 Å². The number of carbonyl (C=O) groups excluding carboxylic acids is 2. The fourth-order valence-corrected chi connectivity index (χ4v) is 2.89. The SMILES string of the molecule is COc1ccc(C(=O)CCCC(=O)NC2CCNC(C)C2)cc1. The number of ketones is 1. The number of hydrogen-bond acceptors (Lipinski definition) is 4. The molecule has 0 aliphatic carbocycles. The second kappa shape index (κ2) is 8.67. The van der Waals surface area contributed by atoms with Crippen LogP contribution in [0.1, 0.15) is 49.4 Å². The summed E-state index contributed by atoms with van der Waals surface area (Å²) >= 11 is 0. The molecule has 1 aromatic carbocycles. The number of ether oxygens (including phenoxy) is 1. The molecule has 1 aliphatic heterocycles. The summed E-state index contributed by atoms with van der Waals surface area (Å²) < 4.78 is 5.07. The van der Waals surface area contributed by atoms with Gasteiger partial charge in [0.1, 0.15) is 5.75 Å². The van der Waals surface area contributed by atoms with Gasteiger partial charge in [0.25, 0.3) is 0 Å². The molecule has 0 bridgehead atoms. The molecule has 0 spiro atoms. The molecule has 0 saturated carbocycles. The first-order valence-corrected chi connectivity index (χ1v) is 8.28. The molecule has 1 heterocycles. The normalized spacial score (nSPS) is 20.8. The van der Waals surface area contributed by atoms with Gasteiger partial charge in [-0.2, -0.15) is 0 Å². The molecule has 1 aliphatic rings. The molecule has 2 unspecified atom stereocenters. The lowest BCUT2D eigenvalue weighted by atomic mass is 10.00. The van der Waals surface area contributed by atoms with Gasteiger partial charge in [0.2, 0.25) is 5.91 Å². The molecule has 1 aromatic rings. The van der Waals surface area contributed by atoms with Crippen molar-refractivity contribution in [1.82, 2.24) is 10.6 Å². The Balaban J connectivity index is 1.69. The van der Waals surface area contributed by atoms with Gasteiger partial charge in [-0.05, 0) is 57.0 Å². The molecule has 126 valence electrons. The average Bonchev–Trinajstić information content (AvgIpc) is 2.55. The lowest BCUT2D eigenvalue weighted by Gasteiger charge is -2.28. The molecular weight excluding hydrogens is 292 g/mol. The molecule has 23 heavy (non-hydrogen) atoms. The first-order valence-electron chi connectivity index (χ1n) is 8.28. The van der Waals surface area contributed by atoms with E-state index in [0.29, 0.717) is 30.9 Å².